The molecule has 19 heavy (non-hydrogen) atoms. The molecule has 0 aromatic carbocycles. The summed E-state index contributed by atoms with van der Waals surface area (Å²) in [6.45, 7) is 6.75. The number of hydrogen-bond donors (Lipinski definition) is 3. The van der Waals surface area contributed by atoms with Gasteiger partial charge in [0.05, 0.1) is 5.75 Å². The molecule has 0 aliphatic rings. The van der Waals surface area contributed by atoms with E-state index in [0.717, 1.165) is 17.9 Å². The third kappa shape index (κ3) is 4.64. The van der Waals surface area contributed by atoms with Gasteiger partial charge in [-0.15, -0.1) is 0 Å². The first-order valence-corrected chi connectivity index (χ1v) is 7.79. The highest BCUT2D eigenvalue weighted by molar-refractivity contribution is 7.89. The van der Waals surface area contributed by atoms with Gasteiger partial charge in [-0.3, -0.25) is 0 Å². The van der Waals surface area contributed by atoms with Crippen molar-refractivity contribution in [3.63, 3.8) is 0 Å². The zero-order valence-corrected chi connectivity index (χ0v) is 12.6. The van der Waals surface area contributed by atoms with Crippen LogP contribution in [0.4, 0.5) is 11.6 Å². The molecule has 0 saturated carbocycles. The van der Waals surface area contributed by atoms with Gasteiger partial charge in [-0.2, -0.15) is 0 Å². The van der Waals surface area contributed by atoms with Gasteiger partial charge in [-0.1, -0.05) is 0 Å². The third-order valence-electron chi connectivity index (χ3n) is 2.58. The quantitative estimate of drug-likeness (QED) is 0.675. The molecule has 1 heterocycles. The zero-order valence-electron chi connectivity index (χ0n) is 11.7. The normalized spacial score (nSPS) is 11.4. The number of aromatic nitrogens is 2. The number of nitrogens with one attached hydrogen (secondary N) is 3. The summed E-state index contributed by atoms with van der Waals surface area (Å²) < 4.78 is 24.9. The molecule has 0 unspecified atom stereocenters. The van der Waals surface area contributed by atoms with E-state index in [1.165, 1.54) is 7.05 Å². The van der Waals surface area contributed by atoms with Crippen LogP contribution in [0, 0.1) is 13.8 Å². The van der Waals surface area contributed by atoms with Crippen LogP contribution in [0.1, 0.15) is 18.3 Å². The zero-order chi connectivity index (χ0) is 14.5. The van der Waals surface area contributed by atoms with E-state index >= 15 is 0 Å². The minimum absolute atomic E-state index is 0.00251. The van der Waals surface area contributed by atoms with Crippen LogP contribution in [0.25, 0.3) is 0 Å². The summed E-state index contributed by atoms with van der Waals surface area (Å²) in [7, 11) is -1.80. The second-order valence-electron chi connectivity index (χ2n) is 4.07. The van der Waals surface area contributed by atoms with Crippen molar-refractivity contribution in [2.24, 2.45) is 0 Å². The summed E-state index contributed by atoms with van der Waals surface area (Å²) in [5.74, 6) is 2.08. The first-order valence-electron chi connectivity index (χ1n) is 6.13. The molecule has 0 saturated heterocycles. The summed E-state index contributed by atoms with van der Waals surface area (Å²) in [5, 5.41) is 6.19. The molecule has 0 fully saturated rings. The second kappa shape index (κ2) is 6.67. The second-order valence-corrected chi connectivity index (χ2v) is 6.12. The number of sulfonamides is 1. The van der Waals surface area contributed by atoms with Gasteiger partial charge in [-0.05, 0) is 27.8 Å². The lowest BCUT2D eigenvalue weighted by Gasteiger charge is -2.13. The molecule has 0 bridgehead atoms. The fourth-order valence-electron chi connectivity index (χ4n) is 1.55. The smallest absolute Gasteiger partial charge is 0.213 e. The van der Waals surface area contributed by atoms with Crippen molar-refractivity contribution in [3.05, 3.63) is 11.4 Å². The number of hydrogen-bond acceptors (Lipinski definition) is 6. The lowest BCUT2D eigenvalue weighted by molar-refractivity contribution is 0.588. The predicted molar refractivity (Wildman–Crippen MR) is 77.0 cm³/mol. The molecular weight excluding hydrogens is 266 g/mol. The Balaban J connectivity index is 2.78. The minimum Gasteiger partial charge on any atom is -0.370 e. The van der Waals surface area contributed by atoms with Crippen molar-refractivity contribution in [1.29, 1.82) is 0 Å². The molecule has 0 amide bonds. The molecule has 1 rings (SSSR count). The predicted octanol–water partition coefficient (Wildman–Crippen LogP) is 0.486. The maximum Gasteiger partial charge on any atom is 0.213 e. The Hall–Kier alpha value is -1.41. The van der Waals surface area contributed by atoms with Crippen LogP contribution in [0.3, 0.4) is 0 Å². The fraction of sp³-hybridized carbons (Fsp3) is 0.636. The van der Waals surface area contributed by atoms with E-state index in [1.807, 2.05) is 13.8 Å². The molecule has 3 N–H and O–H groups in total. The van der Waals surface area contributed by atoms with Gasteiger partial charge in [-0.25, -0.2) is 23.1 Å². The standard InChI is InChI=1S/C11H21N5O2S/c1-5-13-10-8(2)11(16-9(3)15-10)14-6-7-19(17,18)12-4/h12H,5-7H2,1-4H3,(H2,13,14,15,16). The molecule has 1 aromatic rings. The number of rotatable bonds is 7. The molecule has 1 aromatic heterocycles. The van der Waals surface area contributed by atoms with Crippen molar-refractivity contribution < 1.29 is 8.42 Å². The maximum atomic E-state index is 11.3. The first kappa shape index (κ1) is 15.6. The lowest BCUT2D eigenvalue weighted by Crippen LogP contribution is -2.26. The van der Waals surface area contributed by atoms with E-state index in [1.54, 1.807) is 6.92 Å². The number of anilines is 2. The van der Waals surface area contributed by atoms with Crippen molar-refractivity contribution in [2.75, 3.05) is 36.5 Å². The van der Waals surface area contributed by atoms with Gasteiger partial charge in [0.1, 0.15) is 17.5 Å². The summed E-state index contributed by atoms with van der Waals surface area (Å²) in [4.78, 5) is 8.59. The summed E-state index contributed by atoms with van der Waals surface area (Å²) >= 11 is 0. The Bertz CT molecular complexity index is 530. The first-order chi connectivity index (χ1) is 8.89. The van der Waals surface area contributed by atoms with E-state index < -0.39 is 10.0 Å². The van der Waals surface area contributed by atoms with Crippen molar-refractivity contribution in [3.8, 4) is 0 Å². The molecule has 0 aliphatic carbocycles. The Morgan fingerprint density at radius 1 is 1.11 bits per heavy atom. The SMILES string of the molecule is CCNc1nc(C)nc(NCCS(=O)(=O)NC)c1C. The molecule has 0 spiro atoms. The molecule has 7 nitrogen and oxygen atoms in total. The summed E-state index contributed by atoms with van der Waals surface area (Å²) in [5.41, 5.74) is 0.884. The highest BCUT2D eigenvalue weighted by atomic mass is 32.2. The Morgan fingerprint density at radius 3 is 2.21 bits per heavy atom. The Labute approximate surface area is 114 Å². The van der Waals surface area contributed by atoms with E-state index in [-0.39, 0.29) is 5.75 Å². The van der Waals surface area contributed by atoms with Crippen molar-refractivity contribution in [2.45, 2.75) is 20.8 Å². The topological polar surface area (TPSA) is 96.0 Å². The minimum atomic E-state index is -3.20. The summed E-state index contributed by atoms with van der Waals surface area (Å²) in [6.07, 6.45) is 0. The molecule has 0 aliphatic heterocycles. The van der Waals surface area contributed by atoms with Crippen LogP contribution in [-0.4, -0.2) is 44.3 Å². The van der Waals surface area contributed by atoms with Gasteiger partial charge in [0.2, 0.25) is 10.0 Å². The molecule has 8 heteroatoms. The van der Waals surface area contributed by atoms with Crippen LogP contribution in [0.15, 0.2) is 0 Å². The number of nitrogens with zero attached hydrogens (tertiary/aromatic N) is 2. The largest absolute Gasteiger partial charge is 0.370 e. The van der Waals surface area contributed by atoms with E-state index in [0.29, 0.717) is 18.2 Å². The summed E-state index contributed by atoms with van der Waals surface area (Å²) in [6, 6.07) is 0. The van der Waals surface area contributed by atoms with Crippen LogP contribution in [0.5, 0.6) is 0 Å². The lowest BCUT2D eigenvalue weighted by atomic mass is 10.3. The molecule has 0 atom stereocenters. The average Bonchev–Trinajstić information content (AvgIpc) is 2.35. The molecular formula is C11H21N5O2S. The van der Waals surface area contributed by atoms with Gasteiger partial charge < -0.3 is 10.6 Å². The van der Waals surface area contributed by atoms with Gasteiger partial charge in [0.15, 0.2) is 0 Å². The van der Waals surface area contributed by atoms with Crippen LogP contribution >= 0.6 is 0 Å². The third-order valence-corrected chi connectivity index (χ3v) is 3.94. The Morgan fingerprint density at radius 2 is 1.68 bits per heavy atom. The van der Waals surface area contributed by atoms with Crippen LogP contribution < -0.4 is 15.4 Å². The van der Waals surface area contributed by atoms with Crippen molar-refractivity contribution >= 4 is 21.7 Å². The molecule has 108 valence electrons. The van der Waals surface area contributed by atoms with Crippen LogP contribution in [0.2, 0.25) is 0 Å². The van der Waals surface area contributed by atoms with Crippen molar-refractivity contribution in [1.82, 2.24) is 14.7 Å². The van der Waals surface area contributed by atoms with E-state index in [4.69, 9.17) is 0 Å². The fourth-order valence-corrected chi connectivity index (χ4v) is 2.12. The highest BCUT2D eigenvalue weighted by Crippen LogP contribution is 2.19. The highest BCUT2D eigenvalue weighted by Gasteiger charge is 2.10. The van der Waals surface area contributed by atoms with Gasteiger partial charge in [0, 0.05) is 18.7 Å². The van der Waals surface area contributed by atoms with E-state index in [2.05, 4.69) is 25.3 Å². The Kier molecular flexibility index (Phi) is 5.49. The van der Waals surface area contributed by atoms with Crippen LogP contribution in [-0.2, 0) is 10.0 Å². The van der Waals surface area contributed by atoms with Gasteiger partial charge >= 0.3 is 0 Å². The van der Waals surface area contributed by atoms with E-state index in [9.17, 15) is 8.42 Å². The molecule has 0 radical (unpaired) electrons. The maximum absolute atomic E-state index is 11.3. The monoisotopic (exact) mass is 287 g/mol. The van der Waals surface area contributed by atoms with Gasteiger partial charge in [0.25, 0.3) is 0 Å². The average molecular weight is 287 g/mol. The number of aryl methyl sites for hydroxylation is 1.